The van der Waals surface area contributed by atoms with Gasteiger partial charge in [-0.05, 0) is 66.3 Å². The predicted octanol–water partition coefficient (Wildman–Crippen LogP) is 5.66. The van der Waals surface area contributed by atoms with Gasteiger partial charge in [0.2, 0.25) is 5.52 Å². The van der Waals surface area contributed by atoms with E-state index in [1.54, 1.807) is 6.20 Å². The van der Waals surface area contributed by atoms with E-state index >= 15 is 0 Å². The smallest absolute Gasteiger partial charge is 0.323 e. The number of anilines is 3. The first-order chi connectivity index (χ1) is 16.5. The summed E-state index contributed by atoms with van der Waals surface area (Å²) in [6.45, 7) is 5.77. The van der Waals surface area contributed by atoms with Gasteiger partial charge in [-0.3, -0.25) is 15.1 Å². The van der Waals surface area contributed by atoms with Crippen molar-refractivity contribution in [1.82, 2.24) is 15.3 Å². The highest BCUT2D eigenvalue weighted by molar-refractivity contribution is 6.01. The van der Waals surface area contributed by atoms with Crippen molar-refractivity contribution in [2.24, 2.45) is 5.92 Å². The molecule has 1 aliphatic heterocycles. The zero-order valence-electron chi connectivity index (χ0n) is 19.2. The van der Waals surface area contributed by atoms with E-state index < -0.39 is 0 Å². The second kappa shape index (κ2) is 9.09. The fourth-order valence-electron chi connectivity index (χ4n) is 4.67. The molecule has 0 bridgehead atoms. The lowest BCUT2D eigenvalue weighted by molar-refractivity contribution is -0.382. The Hall–Kier alpha value is -4.01. The Labute approximate surface area is 197 Å². The van der Waals surface area contributed by atoms with Crippen LogP contribution >= 0.6 is 0 Å². The Bertz CT molecular complexity index is 1290. The van der Waals surface area contributed by atoms with Crippen LogP contribution in [-0.2, 0) is 0 Å². The minimum absolute atomic E-state index is 0.0620. The summed E-state index contributed by atoms with van der Waals surface area (Å²) in [4.78, 5) is 20.6. The molecule has 0 amide bonds. The van der Waals surface area contributed by atoms with Gasteiger partial charge in [0.25, 0.3) is 0 Å². The molecule has 1 aliphatic rings. The highest BCUT2D eigenvalue weighted by atomic mass is 16.6. The summed E-state index contributed by atoms with van der Waals surface area (Å²) in [7, 11) is 0. The molecule has 9 nitrogen and oxygen atoms in total. The number of nitro groups is 1. The molecule has 0 saturated carbocycles. The summed E-state index contributed by atoms with van der Waals surface area (Å²) < 4.78 is 5.06. The minimum atomic E-state index is -0.376. The van der Waals surface area contributed by atoms with Crippen LogP contribution in [0.1, 0.15) is 38.4 Å². The van der Waals surface area contributed by atoms with E-state index in [-0.39, 0.29) is 22.2 Å². The Kier molecular flexibility index (Phi) is 5.83. The third-order valence-corrected chi connectivity index (χ3v) is 6.58. The van der Waals surface area contributed by atoms with Crippen molar-refractivity contribution in [1.29, 1.82) is 0 Å². The minimum Gasteiger partial charge on any atom is -0.366 e. The fourth-order valence-corrected chi connectivity index (χ4v) is 4.67. The number of rotatable bonds is 6. The molecule has 4 aromatic rings. The third-order valence-electron chi connectivity index (χ3n) is 6.58. The van der Waals surface area contributed by atoms with Gasteiger partial charge in [-0.15, -0.1) is 0 Å². The lowest BCUT2D eigenvalue weighted by Gasteiger charge is -2.34. The molecule has 174 valence electrons. The van der Waals surface area contributed by atoms with Crippen LogP contribution < -0.4 is 9.80 Å². The van der Waals surface area contributed by atoms with Gasteiger partial charge >= 0.3 is 5.69 Å². The van der Waals surface area contributed by atoms with E-state index in [1.165, 1.54) is 0 Å². The Morgan fingerprint density at radius 1 is 1.09 bits per heavy atom. The van der Waals surface area contributed by atoms with Crippen LogP contribution in [0.5, 0.6) is 0 Å². The van der Waals surface area contributed by atoms with Crippen molar-refractivity contribution in [2.45, 2.75) is 32.7 Å². The molecule has 2 aromatic carbocycles. The zero-order valence-corrected chi connectivity index (χ0v) is 19.2. The van der Waals surface area contributed by atoms with Crippen molar-refractivity contribution >= 4 is 33.8 Å². The molecular formula is C25H26N6O3. The monoisotopic (exact) mass is 458 g/mol. The standard InChI is InChI=1S/C25H26N6O3/c1-17-11-14-29(15-12-17)22-16-21(23-24(28-34-27-23)25(22)31(32)33)30(19-8-4-3-5-9-19)18(2)20-10-6-7-13-26-20/h3-10,13,16-18H,11-12,14-15H2,1-2H3. The second-order valence-electron chi connectivity index (χ2n) is 8.79. The summed E-state index contributed by atoms with van der Waals surface area (Å²) >= 11 is 0. The van der Waals surface area contributed by atoms with Crippen molar-refractivity contribution in [3.8, 4) is 0 Å². The fraction of sp³-hybridized carbons (Fsp3) is 0.320. The maximum Gasteiger partial charge on any atom is 0.323 e. The average molecular weight is 459 g/mol. The van der Waals surface area contributed by atoms with Crippen LogP contribution in [0.2, 0.25) is 0 Å². The van der Waals surface area contributed by atoms with Gasteiger partial charge < -0.3 is 9.80 Å². The molecule has 1 atom stereocenters. The predicted molar refractivity (Wildman–Crippen MR) is 130 cm³/mol. The molecule has 3 heterocycles. The van der Waals surface area contributed by atoms with Crippen molar-refractivity contribution < 1.29 is 9.55 Å². The van der Waals surface area contributed by atoms with Crippen LogP contribution in [0.15, 0.2) is 65.4 Å². The molecule has 1 fully saturated rings. The normalized spacial score (nSPS) is 15.4. The first-order valence-electron chi connectivity index (χ1n) is 11.5. The Balaban J connectivity index is 1.74. The number of aromatic nitrogens is 3. The van der Waals surface area contributed by atoms with Gasteiger partial charge in [-0.25, -0.2) is 4.63 Å². The van der Waals surface area contributed by atoms with Gasteiger partial charge in [0.15, 0.2) is 5.52 Å². The van der Waals surface area contributed by atoms with Gasteiger partial charge in [0.05, 0.1) is 22.3 Å². The van der Waals surface area contributed by atoms with Gasteiger partial charge in [-0.2, -0.15) is 0 Å². The average Bonchev–Trinajstić information content (AvgIpc) is 3.35. The lowest BCUT2D eigenvalue weighted by Crippen LogP contribution is -2.33. The van der Waals surface area contributed by atoms with E-state index in [0.29, 0.717) is 22.8 Å². The number of pyridine rings is 1. The van der Waals surface area contributed by atoms with E-state index in [2.05, 4.69) is 38.9 Å². The molecule has 5 rings (SSSR count). The van der Waals surface area contributed by atoms with E-state index in [1.807, 2.05) is 54.6 Å². The summed E-state index contributed by atoms with van der Waals surface area (Å²) in [5, 5.41) is 20.3. The van der Waals surface area contributed by atoms with Crippen LogP contribution in [0.3, 0.4) is 0 Å². The van der Waals surface area contributed by atoms with Crippen molar-refractivity contribution in [3.05, 3.63) is 76.6 Å². The molecule has 1 saturated heterocycles. The molecule has 0 N–H and O–H groups in total. The summed E-state index contributed by atoms with van der Waals surface area (Å²) in [6.07, 6.45) is 3.72. The highest BCUT2D eigenvalue weighted by Crippen LogP contribution is 2.45. The summed E-state index contributed by atoms with van der Waals surface area (Å²) in [5.41, 5.74) is 3.47. The Morgan fingerprint density at radius 2 is 1.79 bits per heavy atom. The zero-order chi connectivity index (χ0) is 23.7. The van der Waals surface area contributed by atoms with Gasteiger partial charge in [0, 0.05) is 25.0 Å². The lowest BCUT2D eigenvalue weighted by atomic mass is 9.98. The number of fused-ring (bicyclic) bond motifs is 1. The molecule has 1 unspecified atom stereocenters. The number of nitrogens with zero attached hydrogens (tertiary/aromatic N) is 6. The van der Waals surface area contributed by atoms with Crippen LogP contribution in [0.4, 0.5) is 22.7 Å². The first-order valence-corrected chi connectivity index (χ1v) is 11.5. The number of nitro benzene ring substituents is 1. The quantitative estimate of drug-likeness (QED) is 0.269. The van der Waals surface area contributed by atoms with E-state index in [0.717, 1.165) is 37.3 Å². The molecule has 2 aromatic heterocycles. The van der Waals surface area contributed by atoms with Crippen LogP contribution in [0, 0.1) is 16.0 Å². The summed E-state index contributed by atoms with van der Waals surface area (Å²) in [5.74, 6) is 0.595. The molecule has 0 aliphatic carbocycles. The van der Waals surface area contributed by atoms with Crippen LogP contribution in [-0.4, -0.2) is 33.3 Å². The largest absolute Gasteiger partial charge is 0.366 e. The Morgan fingerprint density at radius 3 is 2.47 bits per heavy atom. The third kappa shape index (κ3) is 3.93. The van der Waals surface area contributed by atoms with Gasteiger partial charge in [0.1, 0.15) is 5.69 Å². The molecular weight excluding hydrogens is 432 g/mol. The number of hydrogen-bond acceptors (Lipinski definition) is 8. The van der Waals surface area contributed by atoms with E-state index in [9.17, 15) is 10.1 Å². The van der Waals surface area contributed by atoms with Crippen molar-refractivity contribution in [2.75, 3.05) is 22.9 Å². The second-order valence-corrected chi connectivity index (χ2v) is 8.79. The number of hydrogen-bond donors (Lipinski definition) is 0. The maximum atomic E-state index is 12.2. The number of para-hydroxylation sites is 1. The topological polar surface area (TPSA) is 101 Å². The van der Waals surface area contributed by atoms with Crippen molar-refractivity contribution in [3.63, 3.8) is 0 Å². The maximum absolute atomic E-state index is 12.2. The highest BCUT2D eigenvalue weighted by Gasteiger charge is 2.33. The summed E-state index contributed by atoms with van der Waals surface area (Å²) in [6, 6.07) is 17.4. The first kappa shape index (κ1) is 21.8. The van der Waals surface area contributed by atoms with Crippen LogP contribution in [0.25, 0.3) is 11.0 Å². The molecule has 9 heteroatoms. The number of benzene rings is 2. The van der Waals surface area contributed by atoms with Gasteiger partial charge in [-0.1, -0.05) is 31.2 Å². The SMILES string of the molecule is CC1CCN(c2cc(N(c3ccccc3)C(C)c3ccccn3)c3nonc3c2[N+](=O)[O-])CC1. The molecule has 0 spiro atoms. The number of piperidine rings is 1. The van der Waals surface area contributed by atoms with E-state index in [4.69, 9.17) is 4.63 Å². The molecule has 34 heavy (non-hydrogen) atoms. The molecule has 0 radical (unpaired) electrons.